The van der Waals surface area contributed by atoms with E-state index in [-0.39, 0.29) is 0 Å². The van der Waals surface area contributed by atoms with E-state index in [1.165, 1.54) is 25.7 Å². The molecule has 1 saturated heterocycles. The van der Waals surface area contributed by atoms with Gasteiger partial charge in [0.1, 0.15) is 0 Å². The third-order valence-corrected chi connectivity index (χ3v) is 4.00. The molecule has 2 fully saturated rings. The summed E-state index contributed by atoms with van der Waals surface area (Å²) in [5.74, 6) is 0.967. The van der Waals surface area contributed by atoms with Gasteiger partial charge in [0.05, 0.1) is 18.3 Å². The van der Waals surface area contributed by atoms with E-state index in [0.29, 0.717) is 12.1 Å². The van der Waals surface area contributed by atoms with Gasteiger partial charge in [-0.15, -0.1) is 0 Å². The van der Waals surface area contributed by atoms with Crippen molar-refractivity contribution in [2.75, 3.05) is 19.7 Å². The molecular formula is C15H25N3O2. The van der Waals surface area contributed by atoms with Gasteiger partial charge in [0.2, 0.25) is 0 Å². The number of hydrogen-bond acceptors (Lipinski definition) is 5. The lowest BCUT2D eigenvalue weighted by molar-refractivity contribution is 0.00156. The third kappa shape index (κ3) is 4.04. The molecule has 5 nitrogen and oxygen atoms in total. The molecule has 1 unspecified atom stereocenters. The first kappa shape index (κ1) is 14.0. The highest BCUT2D eigenvalue weighted by molar-refractivity contribution is 5.06. The van der Waals surface area contributed by atoms with Crippen molar-refractivity contribution in [3.05, 3.63) is 17.5 Å². The molecule has 0 radical (unpaired) electrons. The summed E-state index contributed by atoms with van der Waals surface area (Å²) >= 11 is 0. The molecule has 1 aromatic heterocycles. The Kier molecular flexibility index (Phi) is 4.70. The normalized spacial score (nSPS) is 24.1. The molecule has 0 aromatic carbocycles. The van der Waals surface area contributed by atoms with Gasteiger partial charge in [0.25, 0.3) is 0 Å². The topological polar surface area (TPSA) is 50.5 Å². The molecule has 2 heterocycles. The first-order chi connectivity index (χ1) is 9.83. The fourth-order valence-electron chi connectivity index (χ4n) is 2.80. The number of nitrogens with one attached hydrogen (secondary N) is 1. The quantitative estimate of drug-likeness (QED) is 0.826. The second-order valence-electron chi connectivity index (χ2n) is 5.89. The zero-order valence-electron chi connectivity index (χ0n) is 12.3. The van der Waals surface area contributed by atoms with Gasteiger partial charge in [-0.1, -0.05) is 5.16 Å². The van der Waals surface area contributed by atoms with Crippen LogP contribution < -0.4 is 5.32 Å². The summed E-state index contributed by atoms with van der Waals surface area (Å²) in [6.07, 6.45) is 5.37. The number of likely N-dealkylation sites (tertiary alicyclic amines) is 1. The minimum atomic E-state index is 0.382. The SMILES string of the molecule is CCOC1CCCN(Cc2cc(CNC3CC3)no2)C1. The highest BCUT2D eigenvalue weighted by Crippen LogP contribution is 2.20. The largest absolute Gasteiger partial charge is 0.377 e. The molecule has 5 heteroatoms. The van der Waals surface area contributed by atoms with Gasteiger partial charge < -0.3 is 14.6 Å². The molecule has 1 aliphatic carbocycles. The highest BCUT2D eigenvalue weighted by atomic mass is 16.5. The Morgan fingerprint density at radius 1 is 1.45 bits per heavy atom. The van der Waals surface area contributed by atoms with E-state index in [1.54, 1.807) is 0 Å². The molecule has 112 valence electrons. The summed E-state index contributed by atoms with van der Waals surface area (Å²) in [7, 11) is 0. The van der Waals surface area contributed by atoms with Gasteiger partial charge in [-0.25, -0.2) is 0 Å². The predicted molar refractivity (Wildman–Crippen MR) is 76.3 cm³/mol. The first-order valence-corrected chi connectivity index (χ1v) is 7.85. The van der Waals surface area contributed by atoms with Crippen LogP contribution in [-0.4, -0.2) is 41.9 Å². The van der Waals surface area contributed by atoms with Gasteiger partial charge in [-0.3, -0.25) is 4.90 Å². The van der Waals surface area contributed by atoms with E-state index in [4.69, 9.17) is 9.26 Å². The minimum Gasteiger partial charge on any atom is -0.377 e. The summed E-state index contributed by atoms with van der Waals surface area (Å²) in [6.45, 7) is 6.67. The zero-order chi connectivity index (χ0) is 13.8. The van der Waals surface area contributed by atoms with Gasteiger partial charge in [0.15, 0.2) is 5.76 Å². The molecule has 1 aromatic rings. The summed E-state index contributed by atoms with van der Waals surface area (Å²) < 4.78 is 11.2. The Morgan fingerprint density at radius 2 is 2.35 bits per heavy atom. The average molecular weight is 279 g/mol. The van der Waals surface area contributed by atoms with Crippen molar-refractivity contribution in [2.45, 2.75) is 57.8 Å². The van der Waals surface area contributed by atoms with Crippen LogP contribution in [0.15, 0.2) is 10.6 Å². The van der Waals surface area contributed by atoms with Crippen molar-refractivity contribution in [3.8, 4) is 0 Å². The summed E-state index contributed by atoms with van der Waals surface area (Å²) in [6, 6.07) is 2.80. The van der Waals surface area contributed by atoms with Crippen LogP contribution in [0.25, 0.3) is 0 Å². The maximum Gasteiger partial charge on any atom is 0.151 e. The van der Waals surface area contributed by atoms with Crippen LogP contribution in [0.4, 0.5) is 0 Å². The van der Waals surface area contributed by atoms with E-state index >= 15 is 0 Å². The van der Waals surface area contributed by atoms with Gasteiger partial charge in [0, 0.05) is 31.8 Å². The van der Waals surface area contributed by atoms with Crippen LogP contribution in [0.3, 0.4) is 0 Å². The van der Waals surface area contributed by atoms with E-state index in [2.05, 4.69) is 28.4 Å². The third-order valence-electron chi connectivity index (χ3n) is 4.00. The van der Waals surface area contributed by atoms with Crippen LogP contribution in [0, 0.1) is 0 Å². The van der Waals surface area contributed by atoms with Crippen LogP contribution in [0.1, 0.15) is 44.1 Å². The molecule has 0 spiro atoms. The molecule has 3 rings (SSSR count). The minimum absolute atomic E-state index is 0.382. The van der Waals surface area contributed by atoms with Crippen LogP contribution >= 0.6 is 0 Å². The second kappa shape index (κ2) is 6.70. The smallest absolute Gasteiger partial charge is 0.151 e. The van der Waals surface area contributed by atoms with Crippen LogP contribution in [0.2, 0.25) is 0 Å². The van der Waals surface area contributed by atoms with Crippen LogP contribution in [0.5, 0.6) is 0 Å². The van der Waals surface area contributed by atoms with Gasteiger partial charge in [-0.2, -0.15) is 0 Å². The lowest BCUT2D eigenvalue weighted by atomic mass is 10.1. The number of aromatic nitrogens is 1. The molecule has 20 heavy (non-hydrogen) atoms. The fraction of sp³-hybridized carbons (Fsp3) is 0.800. The van der Waals surface area contributed by atoms with E-state index in [9.17, 15) is 0 Å². The molecule has 1 N–H and O–H groups in total. The Balaban J connectivity index is 1.46. The van der Waals surface area contributed by atoms with Crippen molar-refractivity contribution in [1.82, 2.24) is 15.4 Å². The van der Waals surface area contributed by atoms with Crippen molar-refractivity contribution in [1.29, 1.82) is 0 Å². The molecular weight excluding hydrogens is 254 g/mol. The monoisotopic (exact) mass is 279 g/mol. The fourth-order valence-corrected chi connectivity index (χ4v) is 2.80. The molecule has 1 aliphatic heterocycles. The highest BCUT2D eigenvalue weighted by Gasteiger charge is 2.22. The van der Waals surface area contributed by atoms with Crippen molar-refractivity contribution in [3.63, 3.8) is 0 Å². The Hall–Kier alpha value is -0.910. The summed E-state index contributed by atoms with van der Waals surface area (Å²) in [5, 5.41) is 7.60. The van der Waals surface area contributed by atoms with E-state index < -0.39 is 0 Å². The van der Waals surface area contributed by atoms with Crippen molar-refractivity contribution >= 4 is 0 Å². The van der Waals surface area contributed by atoms with Crippen molar-refractivity contribution in [2.24, 2.45) is 0 Å². The van der Waals surface area contributed by atoms with Gasteiger partial charge >= 0.3 is 0 Å². The first-order valence-electron chi connectivity index (χ1n) is 7.85. The lowest BCUT2D eigenvalue weighted by Gasteiger charge is -2.31. The molecule has 0 bridgehead atoms. The summed E-state index contributed by atoms with van der Waals surface area (Å²) in [4.78, 5) is 2.41. The maximum atomic E-state index is 5.73. The molecule has 1 saturated carbocycles. The number of piperidine rings is 1. The number of ether oxygens (including phenoxy) is 1. The Labute approximate surface area is 120 Å². The number of hydrogen-bond donors (Lipinski definition) is 1. The maximum absolute atomic E-state index is 5.73. The Morgan fingerprint density at radius 3 is 3.15 bits per heavy atom. The van der Waals surface area contributed by atoms with Crippen molar-refractivity contribution < 1.29 is 9.26 Å². The molecule has 1 atom stereocenters. The summed E-state index contributed by atoms with van der Waals surface area (Å²) in [5.41, 5.74) is 1.02. The number of nitrogens with zero attached hydrogens (tertiary/aromatic N) is 2. The number of rotatable bonds is 7. The predicted octanol–water partition coefficient (Wildman–Crippen LogP) is 1.93. The Bertz CT molecular complexity index is 415. The standard InChI is InChI=1S/C15H25N3O2/c1-2-19-14-4-3-7-18(10-14)11-15-8-13(17-20-15)9-16-12-5-6-12/h8,12,14,16H,2-7,9-11H2,1H3. The molecule has 2 aliphatic rings. The average Bonchev–Trinajstić information content (AvgIpc) is 3.18. The molecule has 0 amide bonds. The van der Waals surface area contributed by atoms with E-state index in [1.807, 2.05) is 0 Å². The van der Waals surface area contributed by atoms with Gasteiger partial charge in [-0.05, 0) is 39.2 Å². The lowest BCUT2D eigenvalue weighted by Crippen LogP contribution is -2.39. The zero-order valence-corrected chi connectivity index (χ0v) is 12.3. The van der Waals surface area contributed by atoms with Crippen LogP contribution in [-0.2, 0) is 17.8 Å². The second-order valence-corrected chi connectivity index (χ2v) is 5.89. The van der Waals surface area contributed by atoms with E-state index in [0.717, 1.165) is 44.2 Å².